The topological polar surface area (TPSA) is 74.4 Å². The van der Waals surface area contributed by atoms with Gasteiger partial charge < -0.3 is 19.9 Å². The first-order valence-corrected chi connectivity index (χ1v) is 8.52. The van der Waals surface area contributed by atoms with Crippen molar-refractivity contribution in [3.05, 3.63) is 35.0 Å². The van der Waals surface area contributed by atoms with Gasteiger partial charge in [-0.1, -0.05) is 6.07 Å². The molecule has 1 aromatic heterocycles. The van der Waals surface area contributed by atoms with Gasteiger partial charge in [0.25, 0.3) is 5.91 Å². The van der Waals surface area contributed by atoms with Gasteiger partial charge >= 0.3 is 6.09 Å². The van der Waals surface area contributed by atoms with E-state index in [1.807, 2.05) is 39.0 Å². The maximum Gasteiger partial charge on any atom is 0.410 e. The largest absolute Gasteiger partial charge is 0.444 e. The third-order valence-electron chi connectivity index (χ3n) is 4.46. The third-order valence-corrected chi connectivity index (χ3v) is 4.46. The highest BCUT2D eigenvalue weighted by molar-refractivity contribution is 5.99. The minimum atomic E-state index is -0.508. The second-order valence-electron chi connectivity index (χ2n) is 7.71. The van der Waals surface area contributed by atoms with Crippen molar-refractivity contribution in [2.75, 3.05) is 13.1 Å². The Balaban J connectivity index is 1.59. The van der Waals surface area contributed by atoms with Crippen LogP contribution in [0.15, 0.2) is 18.2 Å². The van der Waals surface area contributed by atoms with Crippen molar-refractivity contribution in [2.45, 2.75) is 46.3 Å². The number of amides is 2. The Hall–Kier alpha value is -2.50. The lowest BCUT2D eigenvalue weighted by molar-refractivity contribution is 0.00531. The number of carbonyl (C=O) groups is 2. The van der Waals surface area contributed by atoms with Crippen molar-refractivity contribution in [3.63, 3.8) is 0 Å². The highest BCUT2D eigenvalue weighted by atomic mass is 16.6. The number of hydrogen-bond donors (Lipinski definition) is 2. The predicted molar refractivity (Wildman–Crippen MR) is 96.8 cm³/mol. The average Bonchev–Trinajstić information content (AvgIpc) is 2.89. The quantitative estimate of drug-likeness (QED) is 0.880. The number of nitrogens with one attached hydrogen (secondary N) is 2. The average molecular weight is 343 g/mol. The molecule has 0 atom stereocenters. The van der Waals surface area contributed by atoms with Gasteiger partial charge in [0.15, 0.2) is 0 Å². The van der Waals surface area contributed by atoms with Crippen LogP contribution in [-0.2, 0) is 4.74 Å². The Morgan fingerprint density at radius 2 is 1.92 bits per heavy atom. The maximum atomic E-state index is 12.4. The Morgan fingerprint density at radius 1 is 1.24 bits per heavy atom. The lowest BCUT2D eigenvalue weighted by Crippen LogP contribution is -2.61. The van der Waals surface area contributed by atoms with Gasteiger partial charge in [0.1, 0.15) is 11.3 Å². The molecular weight excluding hydrogens is 318 g/mol. The molecule has 0 saturated carbocycles. The molecule has 2 heterocycles. The van der Waals surface area contributed by atoms with E-state index in [9.17, 15) is 9.59 Å². The van der Waals surface area contributed by atoms with Gasteiger partial charge in [-0.2, -0.15) is 0 Å². The number of carbonyl (C=O) groups excluding carboxylic acids is 2. The van der Waals surface area contributed by atoms with E-state index in [1.165, 1.54) is 11.1 Å². The van der Waals surface area contributed by atoms with Gasteiger partial charge in [-0.15, -0.1) is 0 Å². The van der Waals surface area contributed by atoms with Crippen molar-refractivity contribution in [1.82, 2.24) is 15.2 Å². The number of fused-ring (bicyclic) bond motifs is 1. The summed E-state index contributed by atoms with van der Waals surface area (Å²) in [5.74, 6) is -0.151. The van der Waals surface area contributed by atoms with Crippen molar-refractivity contribution < 1.29 is 14.3 Å². The summed E-state index contributed by atoms with van der Waals surface area (Å²) in [5.41, 5.74) is 3.36. The number of hydrogen-bond acceptors (Lipinski definition) is 3. The Labute approximate surface area is 147 Å². The number of aromatic nitrogens is 1. The van der Waals surface area contributed by atoms with Gasteiger partial charge in [-0.25, -0.2) is 4.79 Å². The van der Waals surface area contributed by atoms with E-state index in [0.717, 1.165) is 10.9 Å². The molecule has 2 amide bonds. The molecule has 2 N–H and O–H groups in total. The zero-order chi connectivity index (χ0) is 18.4. The molecular formula is C19H25N3O3. The molecule has 3 rings (SSSR count). The fourth-order valence-electron chi connectivity index (χ4n) is 2.89. The second-order valence-corrected chi connectivity index (χ2v) is 7.71. The highest BCUT2D eigenvalue weighted by Gasteiger charge is 2.34. The second kappa shape index (κ2) is 6.10. The van der Waals surface area contributed by atoms with Crippen LogP contribution in [0.3, 0.4) is 0 Å². The molecule has 0 aliphatic carbocycles. The summed E-state index contributed by atoms with van der Waals surface area (Å²) in [6.45, 7) is 10.6. The lowest BCUT2D eigenvalue weighted by Gasteiger charge is -2.39. The highest BCUT2D eigenvalue weighted by Crippen LogP contribution is 2.22. The van der Waals surface area contributed by atoms with E-state index in [0.29, 0.717) is 18.8 Å². The molecule has 0 bridgehead atoms. The fraction of sp³-hybridized carbons (Fsp3) is 0.474. The number of likely N-dealkylation sites (tertiary alicyclic amines) is 1. The molecule has 6 nitrogen and oxygen atoms in total. The first-order valence-electron chi connectivity index (χ1n) is 8.52. The molecule has 1 saturated heterocycles. The number of aryl methyl sites for hydroxylation is 2. The van der Waals surface area contributed by atoms with Gasteiger partial charge in [0.2, 0.25) is 0 Å². The van der Waals surface area contributed by atoms with Gasteiger partial charge in [0, 0.05) is 24.0 Å². The molecule has 134 valence electrons. The van der Waals surface area contributed by atoms with E-state index in [-0.39, 0.29) is 18.0 Å². The van der Waals surface area contributed by atoms with Crippen LogP contribution in [0.1, 0.15) is 42.4 Å². The van der Waals surface area contributed by atoms with Crippen LogP contribution in [0, 0.1) is 13.8 Å². The molecule has 25 heavy (non-hydrogen) atoms. The normalized spacial score (nSPS) is 15.2. The number of H-pyrrole nitrogens is 1. The van der Waals surface area contributed by atoms with E-state index < -0.39 is 5.60 Å². The summed E-state index contributed by atoms with van der Waals surface area (Å²) >= 11 is 0. The van der Waals surface area contributed by atoms with E-state index in [4.69, 9.17) is 4.74 Å². The molecule has 1 aliphatic rings. The summed E-state index contributed by atoms with van der Waals surface area (Å²) < 4.78 is 5.31. The zero-order valence-electron chi connectivity index (χ0n) is 15.4. The van der Waals surface area contributed by atoms with Crippen LogP contribution < -0.4 is 5.32 Å². The van der Waals surface area contributed by atoms with E-state index >= 15 is 0 Å². The van der Waals surface area contributed by atoms with Crippen LogP contribution in [0.2, 0.25) is 0 Å². The van der Waals surface area contributed by atoms with Crippen LogP contribution in [-0.4, -0.2) is 46.6 Å². The summed E-state index contributed by atoms with van der Waals surface area (Å²) in [6, 6.07) is 5.87. The predicted octanol–water partition coefficient (Wildman–Crippen LogP) is 3.13. The van der Waals surface area contributed by atoms with E-state index in [1.54, 1.807) is 4.90 Å². The summed E-state index contributed by atoms with van der Waals surface area (Å²) in [7, 11) is 0. The van der Waals surface area contributed by atoms with Crippen LogP contribution in [0.4, 0.5) is 4.79 Å². The first-order chi connectivity index (χ1) is 11.6. The summed E-state index contributed by atoms with van der Waals surface area (Å²) in [5, 5.41) is 4.02. The van der Waals surface area contributed by atoms with Crippen molar-refractivity contribution in [3.8, 4) is 0 Å². The summed E-state index contributed by atoms with van der Waals surface area (Å²) in [4.78, 5) is 29.1. The fourth-order valence-corrected chi connectivity index (χ4v) is 2.89. The van der Waals surface area contributed by atoms with E-state index in [2.05, 4.69) is 24.1 Å². The third kappa shape index (κ3) is 3.62. The molecule has 1 aliphatic heterocycles. The molecule has 0 unspecified atom stereocenters. The van der Waals surface area contributed by atoms with Crippen molar-refractivity contribution in [1.29, 1.82) is 0 Å². The van der Waals surface area contributed by atoms with Gasteiger partial charge in [-0.05, 0) is 57.9 Å². The Kier molecular flexibility index (Phi) is 4.22. The number of rotatable bonds is 2. The number of nitrogens with zero attached hydrogens (tertiary/aromatic N) is 1. The summed E-state index contributed by atoms with van der Waals surface area (Å²) in [6.07, 6.45) is -0.338. The zero-order valence-corrected chi connectivity index (χ0v) is 15.4. The number of ether oxygens (including phenoxy) is 1. The van der Waals surface area contributed by atoms with Crippen LogP contribution in [0.25, 0.3) is 10.9 Å². The van der Waals surface area contributed by atoms with Crippen LogP contribution >= 0.6 is 0 Å². The minimum Gasteiger partial charge on any atom is -0.444 e. The standard InChI is InChI=1S/C19H25N3O3/c1-11-6-7-15-14(12(11)2)8-16(21-15)17(23)20-13-9-22(10-13)18(24)25-19(3,4)5/h6-8,13,21H,9-10H2,1-5H3,(H,20,23). The molecule has 2 aromatic rings. The van der Waals surface area contributed by atoms with Gasteiger partial charge in [0.05, 0.1) is 6.04 Å². The molecule has 1 aromatic carbocycles. The van der Waals surface area contributed by atoms with Crippen molar-refractivity contribution in [2.24, 2.45) is 0 Å². The van der Waals surface area contributed by atoms with Gasteiger partial charge in [-0.3, -0.25) is 4.79 Å². The SMILES string of the molecule is Cc1ccc2[nH]c(C(=O)NC3CN(C(=O)OC(C)(C)C)C3)cc2c1C. The molecule has 0 spiro atoms. The molecule has 1 fully saturated rings. The smallest absolute Gasteiger partial charge is 0.410 e. The van der Waals surface area contributed by atoms with Crippen molar-refractivity contribution >= 4 is 22.9 Å². The van der Waals surface area contributed by atoms with Crippen LogP contribution in [0.5, 0.6) is 0 Å². The maximum absolute atomic E-state index is 12.4. The Morgan fingerprint density at radius 3 is 2.56 bits per heavy atom. The monoisotopic (exact) mass is 343 g/mol. The number of aromatic amines is 1. The molecule has 6 heteroatoms. The Bertz CT molecular complexity index is 826. The lowest BCUT2D eigenvalue weighted by atomic mass is 10.1. The number of benzene rings is 1. The minimum absolute atomic E-state index is 0.0470. The molecule has 0 radical (unpaired) electrons. The first kappa shape index (κ1) is 17.3.